The Balaban J connectivity index is 0.800. The average Bonchev–Trinajstić information content (AvgIpc) is 4.33. The number of carboxylic acids is 2. The normalized spacial score (nSPS) is 12.8. The molecule has 0 aliphatic carbocycles. The Morgan fingerprint density at radius 3 is 1.55 bits per heavy atom. The van der Waals surface area contributed by atoms with E-state index in [4.69, 9.17) is 42.1 Å². The van der Waals surface area contributed by atoms with Crippen LogP contribution in [0.25, 0.3) is 32.9 Å². The molecule has 0 amide bonds. The van der Waals surface area contributed by atoms with Crippen molar-refractivity contribution in [1.29, 1.82) is 0 Å². The van der Waals surface area contributed by atoms with Crippen LogP contribution in [0, 0.1) is 13.8 Å². The van der Waals surface area contributed by atoms with E-state index in [0.717, 1.165) is 94.3 Å². The third kappa shape index (κ3) is 13.9. The van der Waals surface area contributed by atoms with Crippen LogP contribution >= 0.6 is 23.2 Å². The molecule has 0 saturated heterocycles. The number of halogens is 2. The minimum atomic E-state index is -0.987. The number of carboxylic acid groups (broad SMARTS) is 2. The molecule has 1 aliphatic rings. The van der Waals surface area contributed by atoms with Gasteiger partial charge >= 0.3 is 11.9 Å². The molecular weight excluding hydrogens is 1130 g/mol. The minimum Gasteiger partial charge on any atom is -0.488 e. The van der Waals surface area contributed by atoms with Crippen molar-refractivity contribution in [3.63, 3.8) is 0 Å². The van der Waals surface area contributed by atoms with Gasteiger partial charge in [0.2, 0.25) is 0 Å². The summed E-state index contributed by atoms with van der Waals surface area (Å²) in [4.78, 5) is 49.1. The van der Waals surface area contributed by atoms with Crippen molar-refractivity contribution in [3.8, 4) is 34.1 Å². The molecule has 4 aromatic heterocycles. The molecule has 0 saturated carbocycles. The standard InChI is InChI=1S/C68H62Cl2N8O8/c1-40-45(38-85-65-24-63(83-36-43-18-42(26-71-3)27-72-28-43)50(20-56(65)69)33-76-60(67(79)80)22-47-31-74-58-16-6-4-12-54(47)58)10-8-14-52(40)53-15-9-11-46(41(53)2)39-86-66-25-64(84-37-44-19-49(30-73-29-44)62-35-78-62)51(21-57(66)70)34-77-61(68(81)82)23-48-32-75-59-17-7-5-13-55(48)59/h4-21,24-32,60-61,74-77H,22-23,33-39H2,1-3H3,(H,79,80)(H,81,82). The maximum absolute atomic E-state index is 12.7. The lowest BCUT2D eigenvalue weighted by Gasteiger charge is -2.20. The van der Waals surface area contributed by atoms with Gasteiger partial charge in [-0.15, -0.1) is 0 Å². The van der Waals surface area contributed by atoms with E-state index in [0.29, 0.717) is 50.7 Å². The number of hydrogen-bond acceptors (Lipinski definition) is 12. The van der Waals surface area contributed by atoms with E-state index in [1.165, 1.54) is 0 Å². The molecule has 2 atom stereocenters. The van der Waals surface area contributed by atoms with Crippen molar-refractivity contribution in [3.05, 3.63) is 235 Å². The highest BCUT2D eigenvalue weighted by atomic mass is 35.5. The van der Waals surface area contributed by atoms with Crippen molar-refractivity contribution >= 4 is 68.9 Å². The number of nitrogens with one attached hydrogen (secondary N) is 4. The van der Waals surface area contributed by atoms with Crippen molar-refractivity contribution in [2.24, 2.45) is 9.98 Å². The van der Waals surface area contributed by atoms with Gasteiger partial charge in [-0.05, 0) is 94.8 Å². The van der Waals surface area contributed by atoms with E-state index in [1.807, 2.05) is 97.3 Å². The molecule has 2 unspecified atom stereocenters. The summed E-state index contributed by atoms with van der Waals surface area (Å²) in [5, 5.41) is 29.8. The Kier molecular flexibility index (Phi) is 18.2. The second-order valence-corrected chi connectivity index (χ2v) is 22.0. The fourth-order valence-electron chi connectivity index (χ4n) is 10.6. The Hall–Kier alpha value is -9.32. The van der Waals surface area contributed by atoms with Gasteiger partial charge < -0.3 is 39.1 Å². The van der Waals surface area contributed by atoms with E-state index in [9.17, 15) is 19.8 Å². The summed E-state index contributed by atoms with van der Waals surface area (Å²) in [5.74, 6) is -0.243. The molecule has 6 N–H and O–H groups in total. The lowest BCUT2D eigenvalue weighted by atomic mass is 9.92. The first kappa shape index (κ1) is 58.5. The summed E-state index contributed by atoms with van der Waals surface area (Å²) in [6.45, 7) is 5.82. The van der Waals surface area contributed by atoms with Crippen LogP contribution in [0.5, 0.6) is 23.0 Å². The quantitative estimate of drug-likeness (QED) is 0.0265. The van der Waals surface area contributed by atoms with Gasteiger partial charge in [0.05, 0.1) is 22.3 Å². The van der Waals surface area contributed by atoms with Gasteiger partial charge in [-0.25, -0.2) is 0 Å². The second kappa shape index (κ2) is 26.7. The number of nitrogens with zero attached hydrogens (tertiary/aromatic N) is 4. The zero-order chi connectivity index (χ0) is 59.7. The van der Waals surface area contributed by atoms with Crippen molar-refractivity contribution < 1.29 is 38.7 Å². The van der Waals surface area contributed by atoms with Crippen LogP contribution in [0.1, 0.15) is 66.8 Å². The predicted molar refractivity (Wildman–Crippen MR) is 336 cm³/mol. The summed E-state index contributed by atoms with van der Waals surface area (Å²) >= 11 is 14.1. The lowest BCUT2D eigenvalue weighted by Crippen LogP contribution is -2.38. The van der Waals surface area contributed by atoms with Crippen LogP contribution in [0.2, 0.25) is 10.0 Å². The molecule has 10 aromatic rings. The van der Waals surface area contributed by atoms with E-state index < -0.39 is 24.0 Å². The number of H-pyrrole nitrogens is 2. The third-order valence-corrected chi connectivity index (χ3v) is 16.0. The van der Waals surface area contributed by atoms with Gasteiger partial charge in [-0.3, -0.25) is 40.2 Å². The average molecular weight is 1190 g/mol. The lowest BCUT2D eigenvalue weighted by molar-refractivity contribution is -0.140. The maximum Gasteiger partial charge on any atom is 0.321 e. The number of fused-ring (bicyclic) bond motifs is 2. The van der Waals surface area contributed by atoms with Gasteiger partial charge in [0.15, 0.2) is 0 Å². The summed E-state index contributed by atoms with van der Waals surface area (Å²) < 4.78 is 26.0. The first-order valence-electron chi connectivity index (χ1n) is 28.0. The smallest absolute Gasteiger partial charge is 0.321 e. The molecule has 0 bridgehead atoms. The van der Waals surface area contributed by atoms with Gasteiger partial charge in [0, 0.05) is 144 Å². The number of carbonyl (C=O) groups is 2. The van der Waals surface area contributed by atoms with E-state index >= 15 is 0 Å². The van der Waals surface area contributed by atoms with E-state index in [-0.39, 0.29) is 52.4 Å². The molecule has 0 fully saturated rings. The molecule has 0 spiro atoms. The third-order valence-electron chi connectivity index (χ3n) is 15.4. The highest BCUT2D eigenvalue weighted by Gasteiger charge is 2.24. The Labute approximate surface area is 506 Å². The predicted octanol–water partition coefficient (Wildman–Crippen LogP) is 12.8. The largest absolute Gasteiger partial charge is 0.488 e. The molecule has 11 rings (SSSR count). The first-order chi connectivity index (χ1) is 41.8. The summed E-state index contributed by atoms with van der Waals surface area (Å²) in [6.07, 6.45) is 12.9. The van der Waals surface area contributed by atoms with Crippen LogP contribution in [0.15, 0.2) is 168 Å². The molecule has 436 valence electrons. The number of hydrogen-bond donors (Lipinski definition) is 6. The fraction of sp³-hybridized carbons (Fsp3) is 0.206. The SMILES string of the molecule is CN=Cc1cncc(COc2cc(OCc3cccc(-c4cccc(COc5cc(OCc6cncc(C7=NC7)c6)c(CNC(Cc6c[nH]c7ccccc67)C(=O)O)cc5Cl)c4C)c3C)c(Cl)cc2CNC(Cc2c[nH]c3ccccc23)C(=O)O)c1. The fourth-order valence-corrected chi connectivity index (χ4v) is 11.0. The molecule has 86 heavy (non-hydrogen) atoms. The van der Waals surface area contributed by atoms with E-state index in [2.05, 4.69) is 66.5 Å². The first-order valence-corrected chi connectivity index (χ1v) is 28.8. The monoisotopic (exact) mass is 1190 g/mol. The van der Waals surface area contributed by atoms with Crippen LogP contribution in [-0.4, -0.2) is 79.7 Å². The Bertz CT molecular complexity index is 4200. The van der Waals surface area contributed by atoms with E-state index in [1.54, 1.807) is 62.3 Å². The Morgan fingerprint density at radius 2 is 1.06 bits per heavy atom. The van der Waals surface area contributed by atoms with Gasteiger partial charge in [-0.2, -0.15) is 0 Å². The van der Waals surface area contributed by atoms with Crippen molar-refractivity contribution in [2.45, 2.75) is 78.3 Å². The minimum absolute atomic E-state index is 0.141. The number of pyridine rings is 2. The number of para-hydroxylation sites is 2. The summed E-state index contributed by atoms with van der Waals surface area (Å²) in [5.41, 5.74) is 15.3. The molecule has 16 nitrogen and oxygen atoms in total. The number of aliphatic carboxylic acids is 2. The van der Waals surface area contributed by atoms with Crippen molar-refractivity contribution in [2.75, 3.05) is 13.6 Å². The van der Waals surface area contributed by atoms with Gasteiger partial charge in [0.1, 0.15) is 61.5 Å². The number of ether oxygens (including phenoxy) is 4. The second-order valence-electron chi connectivity index (χ2n) is 21.1. The molecule has 5 heterocycles. The summed E-state index contributed by atoms with van der Waals surface area (Å²) in [6, 6.07) is 37.0. The molecule has 1 aliphatic heterocycles. The van der Waals surface area contributed by atoms with Crippen LogP contribution < -0.4 is 29.6 Å². The van der Waals surface area contributed by atoms with Crippen LogP contribution in [-0.2, 0) is 61.9 Å². The van der Waals surface area contributed by atoms with Gasteiger partial charge in [0.25, 0.3) is 0 Å². The van der Waals surface area contributed by atoms with Gasteiger partial charge in [-0.1, -0.05) is 96.0 Å². The number of aromatic nitrogens is 4. The zero-order valence-electron chi connectivity index (χ0n) is 47.5. The Morgan fingerprint density at radius 1 is 0.581 bits per heavy atom. The number of aromatic amines is 2. The molecular formula is C68H62Cl2N8O8. The van der Waals surface area contributed by atoms with Crippen LogP contribution in [0.4, 0.5) is 0 Å². The maximum atomic E-state index is 12.7. The summed E-state index contributed by atoms with van der Waals surface area (Å²) in [7, 11) is 1.70. The molecule has 6 aromatic carbocycles. The number of rotatable bonds is 27. The topological polar surface area (TPSA) is 218 Å². The highest BCUT2D eigenvalue weighted by molar-refractivity contribution is 6.32. The van der Waals surface area contributed by atoms with Crippen LogP contribution in [0.3, 0.4) is 0 Å². The number of benzene rings is 6. The molecule has 18 heteroatoms. The number of aliphatic imine (C=N–C) groups is 2. The molecule has 0 radical (unpaired) electrons. The van der Waals surface area contributed by atoms with Crippen molar-refractivity contribution in [1.82, 2.24) is 30.6 Å². The highest BCUT2D eigenvalue weighted by Crippen LogP contribution is 2.38. The zero-order valence-corrected chi connectivity index (χ0v) is 49.0.